The van der Waals surface area contributed by atoms with Crippen LogP contribution in [0.15, 0.2) is 6.20 Å². The molecule has 0 N–H and O–H groups in total. The van der Waals surface area contributed by atoms with Crippen molar-refractivity contribution in [3.05, 3.63) is 23.3 Å². The molecule has 1 aromatic heterocycles. The van der Waals surface area contributed by atoms with E-state index in [1.165, 1.54) is 0 Å². The highest BCUT2D eigenvalue weighted by Crippen LogP contribution is 2.33. The standard InChI is InChI=1S/C14H21N3O/c1-14(2)7-11-10(12(18)8-14)9-15-13(16-11)5-6-17(3)4/h9H,5-8H2,1-4H3. The van der Waals surface area contributed by atoms with Crippen LogP contribution in [0.4, 0.5) is 0 Å². The van der Waals surface area contributed by atoms with Gasteiger partial charge in [0.2, 0.25) is 0 Å². The second-order valence-electron chi connectivity index (χ2n) is 6.14. The van der Waals surface area contributed by atoms with E-state index in [1.807, 2.05) is 14.1 Å². The van der Waals surface area contributed by atoms with Crippen LogP contribution in [0.3, 0.4) is 0 Å². The Morgan fingerprint density at radius 3 is 2.72 bits per heavy atom. The molecule has 0 saturated carbocycles. The summed E-state index contributed by atoms with van der Waals surface area (Å²) in [5, 5.41) is 0. The third-order valence-corrected chi connectivity index (χ3v) is 3.29. The highest BCUT2D eigenvalue weighted by atomic mass is 16.1. The van der Waals surface area contributed by atoms with Crippen LogP contribution in [0.5, 0.6) is 0 Å². The molecule has 1 aliphatic carbocycles. The Morgan fingerprint density at radius 1 is 1.33 bits per heavy atom. The Kier molecular flexibility index (Phi) is 3.48. The Labute approximate surface area is 108 Å². The number of hydrogen-bond donors (Lipinski definition) is 0. The van der Waals surface area contributed by atoms with E-state index in [0.717, 1.165) is 36.5 Å². The first-order valence-corrected chi connectivity index (χ1v) is 6.40. The summed E-state index contributed by atoms with van der Waals surface area (Å²) in [6.07, 6.45) is 4.01. The van der Waals surface area contributed by atoms with Gasteiger partial charge in [-0.05, 0) is 25.9 Å². The van der Waals surface area contributed by atoms with Crippen LogP contribution in [0.1, 0.15) is 42.1 Å². The minimum atomic E-state index is 0.0251. The zero-order chi connectivity index (χ0) is 13.3. The van der Waals surface area contributed by atoms with E-state index in [1.54, 1.807) is 6.20 Å². The van der Waals surface area contributed by atoms with Crippen LogP contribution in [-0.4, -0.2) is 41.3 Å². The lowest BCUT2D eigenvalue weighted by Crippen LogP contribution is -2.28. The summed E-state index contributed by atoms with van der Waals surface area (Å²) in [6, 6.07) is 0. The molecule has 0 unspecified atom stereocenters. The largest absolute Gasteiger partial charge is 0.309 e. The Balaban J connectivity index is 2.23. The zero-order valence-corrected chi connectivity index (χ0v) is 11.7. The number of rotatable bonds is 3. The van der Waals surface area contributed by atoms with Crippen molar-refractivity contribution in [2.75, 3.05) is 20.6 Å². The number of fused-ring (bicyclic) bond motifs is 1. The van der Waals surface area contributed by atoms with Crippen LogP contribution in [-0.2, 0) is 12.8 Å². The van der Waals surface area contributed by atoms with Crippen LogP contribution >= 0.6 is 0 Å². The minimum absolute atomic E-state index is 0.0251. The normalized spacial score (nSPS) is 17.9. The van der Waals surface area contributed by atoms with Gasteiger partial charge in [0.1, 0.15) is 5.82 Å². The summed E-state index contributed by atoms with van der Waals surface area (Å²) in [5.41, 5.74) is 1.68. The molecule has 18 heavy (non-hydrogen) atoms. The fraction of sp³-hybridized carbons (Fsp3) is 0.643. The highest BCUT2D eigenvalue weighted by Gasteiger charge is 2.32. The van der Waals surface area contributed by atoms with Gasteiger partial charge in [0, 0.05) is 25.6 Å². The lowest BCUT2D eigenvalue weighted by atomic mass is 9.76. The molecule has 0 radical (unpaired) electrons. The predicted octanol–water partition coefficient (Wildman–Crippen LogP) is 1.74. The van der Waals surface area contributed by atoms with Gasteiger partial charge < -0.3 is 4.90 Å². The second kappa shape index (κ2) is 4.76. The van der Waals surface area contributed by atoms with Crippen molar-refractivity contribution in [3.63, 3.8) is 0 Å². The van der Waals surface area contributed by atoms with Gasteiger partial charge in [0.05, 0.1) is 11.3 Å². The Morgan fingerprint density at radius 2 is 2.06 bits per heavy atom. The first kappa shape index (κ1) is 13.1. The van der Waals surface area contributed by atoms with Gasteiger partial charge in [-0.25, -0.2) is 9.97 Å². The molecule has 4 nitrogen and oxygen atoms in total. The number of aromatic nitrogens is 2. The molecule has 0 fully saturated rings. The highest BCUT2D eigenvalue weighted by molar-refractivity contribution is 5.98. The van der Waals surface area contributed by atoms with E-state index in [-0.39, 0.29) is 11.2 Å². The quantitative estimate of drug-likeness (QED) is 0.816. The molecular weight excluding hydrogens is 226 g/mol. The number of nitrogens with zero attached hydrogens (tertiary/aromatic N) is 3. The van der Waals surface area contributed by atoms with Crippen molar-refractivity contribution < 1.29 is 4.79 Å². The maximum Gasteiger partial charge on any atom is 0.166 e. The van der Waals surface area contributed by atoms with Gasteiger partial charge in [-0.3, -0.25) is 4.79 Å². The predicted molar refractivity (Wildman–Crippen MR) is 70.7 cm³/mol. The molecule has 1 aliphatic rings. The van der Waals surface area contributed by atoms with Crippen molar-refractivity contribution in [2.45, 2.75) is 33.1 Å². The maximum atomic E-state index is 12.0. The lowest BCUT2D eigenvalue weighted by molar-refractivity contribution is 0.0909. The summed E-state index contributed by atoms with van der Waals surface area (Å²) < 4.78 is 0. The smallest absolute Gasteiger partial charge is 0.166 e. The number of hydrogen-bond acceptors (Lipinski definition) is 4. The van der Waals surface area contributed by atoms with Crippen molar-refractivity contribution in [3.8, 4) is 0 Å². The molecule has 1 heterocycles. The van der Waals surface area contributed by atoms with E-state index in [9.17, 15) is 4.79 Å². The van der Waals surface area contributed by atoms with E-state index in [2.05, 4.69) is 28.7 Å². The first-order valence-electron chi connectivity index (χ1n) is 6.40. The molecule has 4 heteroatoms. The van der Waals surface area contributed by atoms with Crippen LogP contribution in [0.2, 0.25) is 0 Å². The number of ketones is 1. The molecule has 0 amide bonds. The minimum Gasteiger partial charge on any atom is -0.309 e. The molecule has 0 spiro atoms. The van der Waals surface area contributed by atoms with Gasteiger partial charge in [-0.15, -0.1) is 0 Å². The third-order valence-electron chi connectivity index (χ3n) is 3.29. The van der Waals surface area contributed by atoms with Crippen molar-refractivity contribution >= 4 is 5.78 Å². The summed E-state index contributed by atoms with van der Waals surface area (Å²) in [7, 11) is 4.07. The Hall–Kier alpha value is -1.29. The molecule has 2 rings (SSSR count). The van der Waals surface area contributed by atoms with Gasteiger partial charge >= 0.3 is 0 Å². The fourth-order valence-electron chi connectivity index (χ4n) is 2.32. The van der Waals surface area contributed by atoms with E-state index in [4.69, 9.17) is 0 Å². The summed E-state index contributed by atoms with van der Waals surface area (Å²) >= 11 is 0. The third kappa shape index (κ3) is 2.93. The molecule has 0 bridgehead atoms. The van der Waals surface area contributed by atoms with E-state index >= 15 is 0 Å². The number of likely N-dealkylation sites (N-methyl/N-ethyl adjacent to an activating group) is 1. The number of Topliss-reactive ketones (excluding diaryl/α,β-unsaturated/α-hetero) is 1. The summed E-state index contributed by atoms with van der Waals surface area (Å²) in [5.74, 6) is 1.02. The average Bonchev–Trinajstić information content (AvgIpc) is 2.24. The molecule has 0 aromatic carbocycles. The Bertz CT molecular complexity index is 466. The van der Waals surface area contributed by atoms with E-state index < -0.39 is 0 Å². The average molecular weight is 247 g/mol. The SMILES string of the molecule is CN(C)CCc1ncc2c(n1)CC(C)(C)CC2=O. The van der Waals surface area contributed by atoms with Crippen LogP contribution in [0.25, 0.3) is 0 Å². The number of carbonyl (C=O) groups excluding carboxylic acids is 1. The molecule has 98 valence electrons. The number of carbonyl (C=O) groups is 1. The topological polar surface area (TPSA) is 46.1 Å². The molecule has 1 aromatic rings. The zero-order valence-electron chi connectivity index (χ0n) is 11.7. The van der Waals surface area contributed by atoms with Crippen molar-refractivity contribution in [1.82, 2.24) is 14.9 Å². The molecular formula is C14H21N3O. The molecule has 0 atom stereocenters. The van der Waals surface area contributed by atoms with Gasteiger partial charge in [0.25, 0.3) is 0 Å². The van der Waals surface area contributed by atoms with E-state index in [0.29, 0.717) is 6.42 Å². The first-order chi connectivity index (χ1) is 8.37. The van der Waals surface area contributed by atoms with Crippen LogP contribution < -0.4 is 0 Å². The fourth-order valence-corrected chi connectivity index (χ4v) is 2.32. The van der Waals surface area contributed by atoms with Crippen molar-refractivity contribution in [2.24, 2.45) is 5.41 Å². The van der Waals surface area contributed by atoms with Crippen LogP contribution in [0, 0.1) is 5.41 Å². The molecule has 0 saturated heterocycles. The van der Waals surface area contributed by atoms with Gasteiger partial charge in [-0.1, -0.05) is 13.8 Å². The van der Waals surface area contributed by atoms with Crippen molar-refractivity contribution in [1.29, 1.82) is 0 Å². The summed E-state index contributed by atoms with van der Waals surface area (Å²) in [4.78, 5) is 23.0. The second-order valence-corrected chi connectivity index (χ2v) is 6.14. The molecule has 0 aliphatic heterocycles. The van der Waals surface area contributed by atoms with Gasteiger partial charge in [-0.2, -0.15) is 0 Å². The monoisotopic (exact) mass is 247 g/mol. The summed E-state index contributed by atoms with van der Waals surface area (Å²) in [6.45, 7) is 5.17. The van der Waals surface area contributed by atoms with Gasteiger partial charge in [0.15, 0.2) is 5.78 Å². The lowest BCUT2D eigenvalue weighted by Gasteiger charge is -2.29. The maximum absolute atomic E-state index is 12.0.